The second-order valence-corrected chi connectivity index (χ2v) is 22.8. The maximum Gasteiger partial charge on any atom is 0.132 e. The summed E-state index contributed by atoms with van der Waals surface area (Å²) in [5.74, 6) is 0.167. The Bertz CT molecular complexity index is 3380. The van der Waals surface area contributed by atoms with E-state index in [1.54, 1.807) is 0 Å². The molecule has 0 N–H and O–H groups in total. The van der Waals surface area contributed by atoms with Gasteiger partial charge in [-0.1, -0.05) is 114 Å². The first-order chi connectivity index (χ1) is 32.6. The zero-order valence-electron chi connectivity index (χ0n) is 41.1. The number of anilines is 3. The van der Waals surface area contributed by atoms with E-state index in [9.17, 15) is 0 Å². The summed E-state index contributed by atoms with van der Waals surface area (Å²) in [6, 6.07) is 42.6. The minimum atomic E-state index is -0.233. The molecule has 4 atom stereocenters. The van der Waals surface area contributed by atoms with Crippen LogP contribution >= 0.6 is 0 Å². The van der Waals surface area contributed by atoms with Crippen LogP contribution in [0.1, 0.15) is 111 Å². The third-order valence-electron chi connectivity index (χ3n) is 18.2. The van der Waals surface area contributed by atoms with E-state index in [-0.39, 0.29) is 40.2 Å². The number of fused-ring (bicyclic) bond motifs is 15. The van der Waals surface area contributed by atoms with Crippen molar-refractivity contribution >= 4 is 28.7 Å². The summed E-state index contributed by atoms with van der Waals surface area (Å²) in [6.07, 6.45) is 17.4. The van der Waals surface area contributed by atoms with E-state index >= 15 is 0 Å². The molecule has 6 nitrogen and oxygen atoms in total. The molecule has 6 aromatic carbocycles. The second-order valence-electron chi connectivity index (χ2n) is 22.8. The lowest BCUT2D eigenvalue weighted by atomic mass is 9.76. The van der Waals surface area contributed by atoms with Gasteiger partial charge in [0.25, 0.3) is 0 Å². The van der Waals surface area contributed by atoms with Crippen LogP contribution in [0.4, 0.5) is 17.1 Å². The van der Waals surface area contributed by atoms with Crippen LogP contribution in [0.3, 0.4) is 0 Å². The van der Waals surface area contributed by atoms with Crippen LogP contribution in [-0.2, 0) is 16.2 Å². The van der Waals surface area contributed by atoms with Gasteiger partial charge in [-0.2, -0.15) is 0 Å². The lowest BCUT2D eigenvalue weighted by Crippen LogP contribution is -2.56. The van der Waals surface area contributed by atoms with Gasteiger partial charge in [0.2, 0.25) is 0 Å². The summed E-state index contributed by atoms with van der Waals surface area (Å²) < 4.78 is 0. The first-order valence-electron chi connectivity index (χ1n) is 24.7. The Kier molecular flexibility index (Phi) is 7.67. The third kappa shape index (κ3) is 4.88. The van der Waals surface area contributed by atoms with Crippen LogP contribution in [0.15, 0.2) is 146 Å². The lowest BCUT2D eigenvalue weighted by Gasteiger charge is -2.52. The SMILES string of the molecule is CN1C=CN2c3cc4c(cc3C=C(c3cc5c(cc3N3C=CN(C)[C@H]3C3C[C@@]6(C)N(C)C=CN6c6cc7c(cc63)-c3ccccc3C7(C)C)C(C)(C)c3ccccc3-5)[C@H]12)-c1ccccc1C4(C)C. The van der Waals surface area contributed by atoms with Crippen LogP contribution in [0.5, 0.6) is 0 Å². The van der Waals surface area contributed by atoms with Crippen LogP contribution < -0.4 is 14.7 Å². The molecule has 1 unspecified atom stereocenters. The van der Waals surface area contributed by atoms with Gasteiger partial charge in [0.05, 0.1) is 11.4 Å². The fourth-order valence-electron chi connectivity index (χ4n) is 14.4. The topological polar surface area (TPSA) is 19.4 Å². The molecule has 0 fully saturated rings. The molecule has 0 bridgehead atoms. The molecule has 0 spiro atoms. The van der Waals surface area contributed by atoms with Gasteiger partial charge in [-0.25, -0.2) is 0 Å². The van der Waals surface area contributed by atoms with E-state index in [2.05, 4.69) is 251 Å². The van der Waals surface area contributed by atoms with E-state index in [1.807, 2.05) is 0 Å². The highest BCUT2D eigenvalue weighted by molar-refractivity contribution is 6.01. The van der Waals surface area contributed by atoms with Gasteiger partial charge in [0.15, 0.2) is 0 Å². The van der Waals surface area contributed by atoms with Crippen molar-refractivity contribution in [2.45, 2.75) is 95.0 Å². The first kappa shape index (κ1) is 40.2. The molecule has 6 aromatic rings. The molecule has 5 aliphatic heterocycles. The van der Waals surface area contributed by atoms with Gasteiger partial charge in [-0.3, -0.25) is 0 Å². The van der Waals surface area contributed by atoms with E-state index in [0.717, 1.165) is 6.42 Å². The largest absolute Gasteiger partial charge is 0.358 e. The summed E-state index contributed by atoms with van der Waals surface area (Å²) in [5.41, 5.74) is 25.2. The van der Waals surface area contributed by atoms with Crippen LogP contribution in [0, 0.1) is 0 Å². The molecule has 5 heterocycles. The molecule has 0 aromatic heterocycles. The number of likely N-dealkylation sites (N-methyl/N-ethyl adjacent to an activating group) is 2. The molecule has 0 amide bonds. The molecule has 6 heteroatoms. The van der Waals surface area contributed by atoms with Crippen molar-refractivity contribution in [3.63, 3.8) is 0 Å². The Labute approximate surface area is 402 Å². The third-order valence-corrected chi connectivity index (χ3v) is 18.2. The molecule has 0 saturated heterocycles. The average molecular weight is 889 g/mol. The van der Waals surface area contributed by atoms with Crippen LogP contribution in [0.2, 0.25) is 0 Å². The molecular weight excluding hydrogens is 829 g/mol. The van der Waals surface area contributed by atoms with Crippen molar-refractivity contribution < 1.29 is 0 Å². The molecular formula is C62H60N6. The molecule has 68 heavy (non-hydrogen) atoms. The number of rotatable bonds is 3. The molecule has 8 aliphatic rings. The summed E-state index contributed by atoms with van der Waals surface area (Å²) in [4.78, 5) is 15.1. The summed E-state index contributed by atoms with van der Waals surface area (Å²) in [5, 5.41) is 0. The van der Waals surface area contributed by atoms with Crippen LogP contribution in [-0.4, -0.2) is 53.8 Å². The second kappa shape index (κ2) is 13.0. The van der Waals surface area contributed by atoms with Gasteiger partial charge in [-0.15, -0.1) is 0 Å². The molecule has 14 rings (SSSR count). The highest BCUT2D eigenvalue weighted by Gasteiger charge is 2.52. The predicted octanol–water partition coefficient (Wildman–Crippen LogP) is 13.4. The first-order valence-corrected chi connectivity index (χ1v) is 24.7. The predicted molar refractivity (Wildman–Crippen MR) is 281 cm³/mol. The lowest BCUT2D eigenvalue weighted by molar-refractivity contribution is 0.161. The number of nitrogens with zero attached hydrogens (tertiary/aromatic N) is 6. The highest BCUT2D eigenvalue weighted by Crippen LogP contribution is 2.59. The van der Waals surface area contributed by atoms with Gasteiger partial charge >= 0.3 is 0 Å². The van der Waals surface area contributed by atoms with Crippen molar-refractivity contribution in [3.8, 4) is 33.4 Å². The Morgan fingerprint density at radius 2 is 0.956 bits per heavy atom. The quantitative estimate of drug-likeness (QED) is 0.175. The summed E-state index contributed by atoms with van der Waals surface area (Å²) >= 11 is 0. The minimum absolute atomic E-state index is 0.0104. The van der Waals surface area contributed by atoms with Crippen molar-refractivity contribution in [2.75, 3.05) is 35.8 Å². The normalized spacial score (nSPS) is 24.9. The van der Waals surface area contributed by atoms with E-state index in [1.165, 1.54) is 106 Å². The summed E-state index contributed by atoms with van der Waals surface area (Å²) in [7, 11) is 6.82. The van der Waals surface area contributed by atoms with Gasteiger partial charge < -0.3 is 29.4 Å². The fourth-order valence-corrected chi connectivity index (χ4v) is 14.4. The zero-order chi connectivity index (χ0) is 46.6. The Balaban J connectivity index is 0.994. The minimum Gasteiger partial charge on any atom is -0.358 e. The van der Waals surface area contributed by atoms with Crippen molar-refractivity contribution in [1.29, 1.82) is 0 Å². The summed E-state index contributed by atoms with van der Waals surface area (Å²) in [6.45, 7) is 16.9. The maximum absolute atomic E-state index is 2.67. The fraction of sp³-hybridized carbons (Fsp3) is 0.290. The van der Waals surface area contributed by atoms with E-state index in [0.29, 0.717) is 0 Å². The standard InChI is InChI=1S/C62H60N6/c1-59(2)48-20-14-11-17-38(48)41-29-37-30-46(57-63(8)23-26-66(57)54(37)33-51(41)59)44-31-42-39-18-12-15-21-49(39)60(3,4)52(42)34-55(44)67-27-24-64(9)58(67)47-36-62(7)65(10)25-28-68(62)56-35-53-43(32-45(47)56)40-19-13-16-22-50(40)61(53,5)6/h11-35,47,57-58H,36H2,1-10H3/t47?,57-,58-,62+/m1/s1. The van der Waals surface area contributed by atoms with Crippen molar-refractivity contribution in [3.05, 3.63) is 196 Å². The monoisotopic (exact) mass is 888 g/mol. The maximum atomic E-state index is 2.67. The Morgan fingerprint density at radius 3 is 1.57 bits per heavy atom. The number of hydrogen-bond acceptors (Lipinski definition) is 6. The van der Waals surface area contributed by atoms with Gasteiger partial charge in [0.1, 0.15) is 18.0 Å². The smallest absolute Gasteiger partial charge is 0.132 e. The number of benzene rings is 6. The highest BCUT2D eigenvalue weighted by atomic mass is 15.4. The number of hydrogen-bond donors (Lipinski definition) is 0. The molecule has 0 saturated carbocycles. The molecule has 3 aliphatic carbocycles. The Morgan fingerprint density at radius 1 is 0.441 bits per heavy atom. The zero-order valence-corrected chi connectivity index (χ0v) is 41.1. The molecule has 0 radical (unpaired) electrons. The molecule has 338 valence electrons. The van der Waals surface area contributed by atoms with Gasteiger partial charge in [-0.05, 0) is 127 Å². The van der Waals surface area contributed by atoms with Gasteiger partial charge in [0, 0.05) is 104 Å². The van der Waals surface area contributed by atoms with Crippen LogP contribution in [0.25, 0.3) is 45.0 Å². The van der Waals surface area contributed by atoms with E-state index in [4.69, 9.17) is 0 Å². The van der Waals surface area contributed by atoms with E-state index < -0.39 is 0 Å². The average Bonchev–Trinajstić information content (AvgIpc) is 4.14. The Hall–Kier alpha value is -6.92. The van der Waals surface area contributed by atoms with Crippen molar-refractivity contribution in [2.24, 2.45) is 0 Å². The van der Waals surface area contributed by atoms with Crippen molar-refractivity contribution in [1.82, 2.24) is 14.7 Å².